The number of non-ortho nitro benzene ring substituents is 1. The summed E-state index contributed by atoms with van der Waals surface area (Å²) < 4.78 is 0. The average Bonchev–Trinajstić information content (AvgIpc) is 2.65. The molecule has 0 aliphatic rings. The Morgan fingerprint density at radius 2 is 1.88 bits per heavy atom. The first kappa shape index (κ1) is 18.6. The number of nitro groups is 1. The molecule has 2 aromatic carbocycles. The van der Waals surface area contributed by atoms with Crippen molar-refractivity contribution in [3.8, 4) is 0 Å². The van der Waals surface area contributed by atoms with Gasteiger partial charge in [0.05, 0.1) is 11.5 Å². The highest BCUT2D eigenvalue weighted by atomic mass is 32.1. The van der Waals surface area contributed by atoms with Gasteiger partial charge in [0.25, 0.3) is 17.3 Å². The van der Waals surface area contributed by atoms with Crippen molar-refractivity contribution < 1.29 is 9.72 Å². The quantitative estimate of drug-likeness (QED) is 0.253. The normalized spacial score (nSPS) is 10.3. The molecule has 130 valence electrons. The summed E-state index contributed by atoms with van der Waals surface area (Å²) >= 11 is 5.04. The zero-order valence-corrected chi connectivity index (χ0v) is 14.1. The Bertz CT molecular complexity index is 906. The zero-order valence-electron chi connectivity index (χ0n) is 13.3. The number of nitro benzene ring substituents is 1. The van der Waals surface area contributed by atoms with Gasteiger partial charge in [0.15, 0.2) is 5.11 Å². The maximum Gasteiger partial charge on any atom is 0.269 e. The lowest BCUT2D eigenvalue weighted by molar-refractivity contribution is -0.384. The number of anilines is 1. The minimum atomic E-state index is -0.719. The number of para-hydroxylation sites is 1. The lowest BCUT2D eigenvalue weighted by Crippen LogP contribution is -2.44. The zero-order chi connectivity index (χ0) is 18.9. The molecule has 0 aliphatic carbocycles. The number of carbonyl (C=O) groups excluding carboxylic acids is 1. The SMILES string of the molecule is [C-]#[N+]/C(=C/c1cccc([N+](=O)[O-])c1)C(=O)NNC(=S)Nc1ccccc1. The van der Waals surface area contributed by atoms with E-state index in [9.17, 15) is 14.9 Å². The number of hydrazine groups is 1. The summed E-state index contributed by atoms with van der Waals surface area (Å²) in [6.45, 7) is 7.13. The largest absolute Gasteiger partial charge is 0.331 e. The van der Waals surface area contributed by atoms with E-state index in [2.05, 4.69) is 21.0 Å². The minimum Gasteiger partial charge on any atom is -0.331 e. The molecule has 0 saturated carbocycles. The van der Waals surface area contributed by atoms with Crippen molar-refractivity contribution >= 4 is 40.7 Å². The molecular weight excluding hydrogens is 354 g/mol. The molecule has 8 nitrogen and oxygen atoms in total. The van der Waals surface area contributed by atoms with E-state index in [0.717, 1.165) is 5.69 Å². The topological polar surface area (TPSA) is 101 Å². The molecule has 0 saturated heterocycles. The van der Waals surface area contributed by atoms with Gasteiger partial charge in [-0.15, -0.1) is 0 Å². The standard InChI is InChI=1S/C17H13N5O3S/c1-18-15(11-12-6-5-9-14(10-12)22(24)25)16(23)20-21-17(26)19-13-7-3-2-4-8-13/h2-11H,(H,20,23)(H2,19,21,26)/b15-11+. The summed E-state index contributed by atoms with van der Waals surface area (Å²) in [6.07, 6.45) is 1.25. The van der Waals surface area contributed by atoms with Gasteiger partial charge in [0.1, 0.15) is 0 Å². The van der Waals surface area contributed by atoms with Crippen LogP contribution < -0.4 is 16.2 Å². The molecule has 0 spiro atoms. The van der Waals surface area contributed by atoms with Gasteiger partial charge < -0.3 is 5.32 Å². The number of nitrogens with one attached hydrogen (secondary N) is 3. The number of carbonyl (C=O) groups is 1. The van der Waals surface area contributed by atoms with Crippen LogP contribution in [-0.4, -0.2) is 15.9 Å². The number of thiocarbonyl (C=S) groups is 1. The smallest absolute Gasteiger partial charge is 0.269 e. The van der Waals surface area contributed by atoms with Crippen LogP contribution in [0.1, 0.15) is 5.56 Å². The van der Waals surface area contributed by atoms with Crippen molar-refractivity contribution in [1.82, 2.24) is 10.9 Å². The summed E-state index contributed by atoms with van der Waals surface area (Å²) in [5.41, 5.74) is 5.51. The number of hydrogen-bond acceptors (Lipinski definition) is 4. The van der Waals surface area contributed by atoms with E-state index in [1.807, 2.05) is 18.2 Å². The molecule has 3 N–H and O–H groups in total. The monoisotopic (exact) mass is 367 g/mol. The molecule has 26 heavy (non-hydrogen) atoms. The first-order valence-corrected chi connectivity index (χ1v) is 7.66. The molecule has 0 fully saturated rings. The van der Waals surface area contributed by atoms with Crippen molar-refractivity contribution in [2.24, 2.45) is 0 Å². The van der Waals surface area contributed by atoms with E-state index in [1.54, 1.807) is 18.2 Å². The average molecular weight is 367 g/mol. The highest BCUT2D eigenvalue weighted by Gasteiger charge is 2.11. The van der Waals surface area contributed by atoms with Crippen LogP contribution in [0, 0.1) is 16.7 Å². The maximum atomic E-state index is 12.1. The van der Waals surface area contributed by atoms with Crippen molar-refractivity contribution in [3.63, 3.8) is 0 Å². The first-order chi connectivity index (χ1) is 12.5. The van der Waals surface area contributed by atoms with E-state index in [1.165, 1.54) is 24.3 Å². The van der Waals surface area contributed by atoms with Crippen LogP contribution >= 0.6 is 12.2 Å². The number of rotatable bonds is 4. The van der Waals surface area contributed by atoms with Crippen LogP contribution in [0.5, 0.6) is 0 Å². The van der Waals surface area contributed by atoms with Crippen LogP contribution in [0.25, 0.3) is 10.9 Å². The molecule has 0 aromatic heterocycles. The van der Waals surface area contributed by atoms with Crippen molar-refractivity contribution in [1.29, 1.82) is 0 Å². The van der Waals surface area contributed by atoms with Gasteiger partial charge in [0, 0.05) is 17.8 Å². The molecule has 0 unspecified atom stereocenters. The van der Waals surface area contributed by atoms with Gasteiger partial charge in [-0.3, -0.25) is 25.8 Å². The van der Waals surface area contributed by atoms with Gasteiger partial charge in [0.2, 0.25) is 0 Å². The van der Waals surface area contributed by atoms with Crippen molar-refractivity contribution in [2.45, 2.75) is 0 Å². The molecule has 0 atom stereocenters. The molecule has 2 rings (SSSR count). The molecule has 0 bridgehead atoms. The summed E-state index contributed by atoms with van der Waals surface area (Å²) in [6, 6.07) is 14.7. The summed E-state index contributed by atoms with van der Waals surface area (Å²) in [4.78, 5) is 25.5. The fraction of sp³-hybridized carbons (Fsp3) is 0. The third kappa shape index (κ3) is 5.40. The van der Waals surface area contributed by atoms with E-state index in [4.69, 9.17) is 18.8 Å². The molecule has 0 heterocycles. The Morgan fingerprint density at radius 1 is 1.15 bits per heavy atom. The third-order valence-electron chi connectivity index (χ3n) is 3.06. The number of nitrogens with zero attached hydrogens (tertiary/aromatic N) is 2. The van der Waals surface area contributed by atoms with Crippen LogP contribution in [0.4, 0.5) is 11.4 Å². The van der Waals surface area contributed by atoms with Gasteiger partial charge in [-0.1, -0.05) is 30.3 Å². The van der Waals surface area contributed by atoms with Gasteiger partial charge in [-0.05, 0) is 36.0 Å². The Hall–Kier alpha value is -3.77. The van der Waals surface area contributed by atoms with Gasteiger partial charge >= 0.3 is 0 Å². The van der Waals surface area contributed by atoms with Crippen molar-refractivity contribution in [2.75, 3.05) is 5.32 Å². The van der Waals surface area contributed by atoms with Gasteiger partial charge in [-0.2, -0.15) is 0 Å². The number of benzene rings is 2. The molecule has 2 aromatic rings. The first-order valence-electron chi connectivity index (χ1n) is 7.25. The second-order valence-electron chi connectivity index (χ2n) is 4.89. The number of hydrogen-bond donors (Lipinski definition) is 3. The third-order valence-corrected chi connectivity index (χ3v) is 3.26. The summed E-state index contributed by atoms with van der Waals surface area (Å²) in [7, 11) is 0. The maximum absolute atomic E-state index is 12.1. The van der Waals surface area contributed by atoms with Crippen LogP contribution in [0.2, 0.25) is 0 Å². The Labute approximate surface area is 154 Å². The summed E-state index contributed by atoms with van der Waals surface area (Å²) in [5, 5.41) is 13.8. The van der Waals surface area contributed by atoms with Crippen LogP contribution in [0.15, 0.2) is 60.3 Å². The predicted molar refractivity (Wildman–Crippen MR) is 102 cm³/mol. The summed E-state index contributed by atoms with van der Waals surface area (Å²) in [5.74, 6) is -0.719. The lowest BCUT2D eigenvalue weighted by Gasteiger charge is -2.11. The second-order valence-corrected chi connectivity index (χ2v) is 5.30. The van der Waals surface area contributed by atoms with Crippen LogP contribution in [-0.2, 0) is 4.79 Å². The Morgan fingerprint density at radius 3 is 2.54 bits per heavy atom. The lowest BCUT2D eigenvalue weighted by atomic mass is 10.1. The predicted octanol–water partition coefficient (Wildman–Crippen LogP) is 2.87. The van der Waals surface area contributed by atoms with E-state index in [-0.39, 0.29) is 16.5 Å². The van der Waals surface area contributed by atoms with E-state index in [0.29, 0.717) is 5.56 Å². The molecule has 1 amide bonds. The molecule has 9 heteroatoms. The minimum absolute atomic E-state index is 0.130. The van der Waals surface area contributed by atoms with Crippen LogP contribution in [0.3, 0.4) is 0 Å². The number of amides is 1. The Balaban J connectivity index is 2.00. The van der Waals surface area contributed by atoms with E-state index < -0.39 is 10.8 Å². The van der Waals surface area contributed by atoms with E-state index >= 15 is 0 Å². The van der Waals surface area contributed by atoms with Crippen molar-refractivity contribution in [3.05, 3.63) is 87.4 Å². The Kier molecular flexibility index (Phi) is 6.36. The highest BCUT2D eigenvalue weighted by molar-refractivity contribution is 7.80. The molecule has 0 radical (unpaired) electrons. The highest BCUT2D eigenvalue weighted by Crippen LogP contribution is 2.16. The molecular formula is C17H13N5O3S. The molecule has 0 aliphatic heterocycles. The second kappa shape index (κ2) is 8.91. The van der Waals surface area contributed by atoms with Gasteiger partial charge in [-0.25, -0.2) is 4.85 Å². The fourth-order valence-electron chi connectivity index (χ4n) is 1.90. The fourth-order valence-corrected chi connectivity index (χ4v) is 2.06.